The molecule has 3 N–H and O–H groups in total. The summed E-state index contributed by atoms with van der Waals surface area (Å²) in [6.07, 6.45) is 0. The normalized spacial score (nSPS) is 16.6. The number of anilines is 1. The average molecular weight is 313 g/mol. The van der Waals surface area contributed by atoms with Crippen molar-refractivity contribution in [3.8, 4) is 5.75 Å². The minimum absolute atomic E-state index is 0.0848. The van der Waals surface area contributed by atoms with Crippen LogP contribution >= 0.6 is 0 Å². The summed E-state index contributed by atoms with van der Waals surface area (Å²) in [5, 5.41) is 2.04. The van der Waals surface area contributed by atoms with Crippen molar-refractivity contribution < 1.29 is 22.7 Å². The molecule has 1 aromatic carbocycles. The number of amides is 2. The number of nitrogens with zero attached hydrogens (tertiary/aromatic N) is 1. The number of sulfonamides is 1. The molecule has 0 saturated carbocycles. The molecule has 1 aromatic rings. The monoisotopic (exact) mass is 313 g/mol. The van der Waals surface area contributed by atoms with Gasteiger partial charge < -0.3 is 10.5 Å². The summed E-state index contributed by atoms with van der Waals surface area (Å²) in [4.78, 5) is 22.4. The highest BCUT2D eigenvalue weighted by Gasteiger charge is 2.31. The molecule has 0 aliphatic carbocycles. The fourth-order valence-electron chi connectivity index (χ4n) is 1.77. The molecular weight excluding hydrogens is 298 g/mol. The first-order valence-corrected chi connectivity index (χ1v) is 7.76. The van der Waals surface area contributed by atoms with E-state index < -0.39 is 21.8 Å². The maximum absolute atomic E-state index is 12.0. The standard InChI is InChI=1S/C12H15N3O5S/c13-9-1-3-10(4-2-9)20-5-6-21(18,19)15-7-11(16)14-12(17)8-15/h1-4H,5-8,13H2,(H,14,16,17). The summed E-state index contributed by atoms with van der Waals surface area (Å²) in [6, 6.07) is 6.52. The lowest BCUT2D eigenvalue weighted by atomic mass is 10.3. The quantitative estimate of drug-likeness (QED) is 0.528. The number of benzene rings is 1. The van der Waals surface area contributed by atoms with E-state index in [9.17, 15) is 18.0 Å². The number of carbonyl (C=O) groups excluding carboxylic acids is 2. The molecule has 0 unspecified atom stereocenters. The van der Waals surface area contributed by atoms with Crippen LogP contribution in [0.1, 0.15) is 0 Å². The third-order valence-corrected chi connectivity index (χ3v) is 4.53. The Bertz CT molecular complexity index is 625. The minimum Gasteiger partial charge on any atom is -0.492 e. The molecule has 2 rings (SSSR count). The van der Waals surface area contributed by atoms with Crippen molar-refractivity contribution in [2.45, 2.75) is 0 Å². The molecule has 0 bridgehead atoms. The van der Waals surface area contributed by atoms with Gasteiger partial charge in [-0.1, -0.05) is 0 Å². The molecule has 1 fully saturated rings. The van der Waals surface area contributed by atoms with Crippen LogP contribution in [-0.4, -0.2) is 50.0 Å². The second-order valence-corrected chi connectivity index (χ2v) is 6.56. The van der Waals surface area contributed by atoms with Crippen molar-refractivity contribution in [2.24, 2.45) is 0 Å². The molecule has 2 amide bonds. The lowest BCUT2D eigenvalue weighted by molar-refractivity contribution is -0.134. The highest BCUT2D eigenvalue weighted by Crippen LogP contribution is 2.13. The number of hydrogen-bond acceptors (Lipinski definition) is 6. The van der Waals surface area contributed by atoms with Gasteiger partial charge in [-0.25, -0.2) is 8.42 Å². The van der Waals surface area contributed by atoms with Crippen molar-refractivity contribution in [3.05, 3.63) is 24.3 Å². The van der Waals surface area contributed by atoms with Crippen LogP contribution in [0.4, 0.5) is 5.69 Å². The zero-order chi connectivity index (χ0) is 15.5. The van der Waals surface area contributed by atoms with Gasteiger partial charge in [-0.3, -0.25) is 14.9 Å². The lowest BCUT2D eigenvalue weighted by Gasteiger charge is -2.24. The molecule has 114 valence electrons. The maximum Gasteiger partial charge on any atom is 0.241 e. The Morgan fingerprint density at radius 1 is 1.14 bits per heavy atom. The lowest BCUT2D eigenvalue weighted by Crippen LogP contribution is -2.54. The summed E-state index contributed by atoms with van der Waals surface area (Å²) < 4.78 is 30.2. The van der Waals surface area contributed by atoms with Crippen molar-refractivity contribution in [1.29, 1.82) is 0 Å². The first-order chi connectivity index (χ1) is 9.87. The number of ether oxygens (including phenoxy) is 1. The summed E-state index contributed by atoms with van der Waals surface area (Å²) in [5.74, 6) is -1.09. The SMILES string of the molecule is Nc1ccc(OCCS(=O)(=O)N2CC(=O)NC(=O)C2)cc1. The van der Waals surface area contributed by atoms with Gasteiger partial charge in [-0.05, 0) is 24.3 Å². The second kappa shape index (κ2) is 6.10. The second-order valence-electron chi connectivity index (χ2n) is 4.47. The Morgan fingerprint density at radius 2 is 1.71 bits per heavy atom. The van der Waals surface area contributed by atoms with Gasteiger partial charge in [0.2, 0.25) is 21.8 Å². The van der Waals surface area contributed by atoms with Gasteiger partial charge in [0, 0.05) is 5.69 Å². The highest BCUT2D eigenvalue weighted by atomic mass is 32.2. The maximum atomic E-state index is 12.0. The summed E-state index contributed by atoms with van der Waals surface area (Å²) >= 11 is 0. The zero-order valence-electron chi connectivity index (χ0n) is 11.1. The van der Waals surface area contributed by atoms with Crippen LogP contribution in [0.25, 0.3) is 0 Å². The number of nitrogen functional groups attached to an aromatic ring is 1. The average Bonchev–Trinajstić information content (AvgIpc) is 2.40. The Labute approximate surface area is 121 Å². The third-order valence-electron chi connectivity index (χ3n) is 2.80. The molecule has 21 heavy (non-hydrogen) atoms. The van der Waals surface area contributed by atoms with E-state index in [0.29, 0.717) is 11.4 Å². The number of nitrogens with two attached hydrogens (primary N) is 1. The van der Waals surface area contributed by atoms with Crippen molar-refractivity contribution >= 4 is 27.5 Å². The van der Waals surface area contributed by atoms with Gasteiger partial charge in [0.25, 0.3) is 0 Å². The molecular formula is C12H15N3O5S. The molecule has 1 aliphatic heterocycles. The first kappa shape index (κ1) is 15.3. The molecule has 8 nitrogen and oxygen atoms in total. The largest absolute Gasteiger partial charge is 0.492 e. The van der Waals surface area contributed by atoms with Gasteiger partial charge in [0.1, 0.15) is 12.4 Å². The van der Waals surface area contributed by atoms with Crippen LogP contribution in [0.3, 0.4) is 0 Å². The van der Waals surface area contributed by atoms with Crippen LogP contribution in [0, 0.1) is 0 Å². The highest BCUT2D eigenvalue weighted by molar-refractivity contribution is 7.89. The molecule has 9 heteroatoms. The van der Waals surface area contributed by atoms with Crippen LogP contribution in [0.5, 0.6) is 5.75 Å². The number of hydrogen-bond donors (Lipinski definition) is 2. The third kappa shape index (κ3) is 4.17. The Morgan fingerprint density at radius 3 is 2.29 bits per heavy atom. The molecule has 1 heterocycles. The number of rotatable bonds is 5. The predicted octanol–water partition coefficient (Wildman–Crippen LogP) is -1.06. The van der Waals surface area contributed by atoms with Gasteiger partial charge >= 0.3 is 0 Å². The smallest absolute Gasteiger partial charge is 0.241 e. The van der Waals surface area contributed by atoms with Crippen LogP contribution in [-0.2, 0) is 19.6 Å². The molecule has 0 radical (unpaired) electrons. The summed E-state index contributed by atoms with van der Waals surface area (Å²) in [5.41, 5.74) is 6.10. The number of nitrogens with one attached hydrogen (secondary N) is 1. The fraction of sp³-hybridized carbons (Fsp3) is 0.333. The van der Waals surface area contributed by atoms with Crippen molar-refractivity contribution in [2.75, 3.05) is 31.2 Å². The molecule has 0 atom stereocenters. The van der Waals surface area contributed by atoms with Crippen LogP contribution in [0.2, 0.25) is 0 Å². The van der Waals surface area contributed by atoms with E-state index in [2.05, 4.69) is 0 Å². The number of carbonyl (C=O) groups is 2. The van der Waals surface area contributed by atoms with E-state index >= 15 is 0 Å². The van der Waals surface area contributed by atoms with Crippen molar-refractivity contribution in [1.82, 2.24) is 9.62 Å². The Hall–Kier alpha value is -2.13. The zero-order valence-corrected chi connectivity index (χ0v) is 11.9. The van der Waals surface area contributed by atoms with E-state index in [1.165, 1.54) is 0 Å². The van der Waals surface area contributed by atoms with E-state index in [4.69, 9.17) is 10.5 Å². The Kier molecular flexibility index (Phi) is 4.43. The molecule has 1 aliphatic rings. The summed E-state index contributed by atoms with van der Waals surface area (Å²) in [7, 11) is -3.73. The Balaban J connectivity index is 1.90. The van der Waals surface area contributed by atoms with E-state index in [1.54, 1.807) is 24.3 Å². The van der Waals surface area contributed by atoms with Crippen LogP contribution in [0.15, 0.2) is 24.3 Å². The fourth-order valence-corrected chi connectivity index (χ4v) is 2.95. The van der Waals surface area contributed by atoms with Crippen molar-refractivity contribution in [3.63, 3.8) is 0 Å². The van der Waals surface area contributed by atoms with E-state index in [1.807, 2.05) is 5.32 Å². The summed E-state index contributed by atoms with van der Waals surface area (Å²) in [6.45, 7) is -0.787. The first-order valence-electron chi connectivity index (χ1n) is 6.16. The topological polar surface area (TPSA) is 119 Å². The number of imide groups is 1. The van der Waals surface area contributed by atoms with Gasteiger partial charge in [-0.15, -0.1) is 0 Å². The molecule has 0 aromatic heterocycles. The number of piperazine rings is 1. The van der Waals surface area contributed by atoms with Crippen LogP contribution < -0.4 is 15.8 Å². The molecule has 0 spiro atoms. The molecule has 1 saturated heterocycles. The van der Waals surface area contributed by atoms with Gasteiger partial charge in [0.15, 0.2) is 0 Å². The van der Waals surface area contributed by atoms with E-state index in [-0.39, 0.29) is 25.4 Å². The van der Waals surface area contributed by atoms with Gasteiger partial charge in [-0.2, -0.15) is 4.31 Å². The van der Waals surface area contributed by atoms with E-state index in [0.717, 1.165) is 4.31 Å². The predicted molar refractivity (Wildman–Crippen MR) is 74.9 cm³/mol. The van der Waals surface area contributed by atoms with Gasteiger partial charge in [0.05, 0.1) is 18.8 Å². The minimum atomic E-state index is -3.73.